The van der Waals surface area contributed by atoms with E-state index in [-0.39, 0.29) is 0 Å². The average Bonchev–Trinajstić information content (AvgIpc) is 2.32. The lowest BCUT2D eigenvalue weighted by atomic mass is 10.1. The van der Waals surface area contributed by atoms with E-state index in [4.69, 9.17) is 0 Å². The number of hydrogen-bond acceptors (Lipinski definition) is 3. The Morgan fingerprint density at radius 2 is 2.17 bits per heavy atom. The molecule has 2 atom stereocenters. The highest BCUT2D eigenvalue weighted by atomic mass is 32.2. The topological polar surface area (TPSA) is 40.5 Å². The van der Waals surface area contributed by atoms with Crippen molar-refractivity contribution in [3.63, 3.8) is 0 Å². The van der Waals surface area contributed by atoms with Gasteiger partial charge in [0.1, 0.15) is 0 Å². The molecule has 0 spiro atoms. The summed E-state index contributed by atoms with van der Waals surface area (Å²) in [5.41, 5.74) is 2.38. The quantitative estimate of drug-likeness (QED) is 0.892. The lowest BCUT2D eigenvalue weighted by Gasteiger charge is -2.40. The first-order chi connectivity index (χ1) is 8.50. The molecule has 0 aliphatic carbocycles. The molecular weight excluding hydrogens is 246 g/mol. The van der Waals surface area contributed by atoms with E-state index in [0.717, 1.165) is 23.5 Å². The lowest BCUT2D eigenvalue weighted by Crippen LogP contribution is -2.45. The van der Waals surface area contributed by atoms with Crippen LogP contribution in [0.3, 0.4) is 0 Å². The monoisotopic (exact) mass is 265 g/mol. The summed E-state index contributed by atoms with van der Waals surface area (Å²) in [7, 11) is 0. The lowest BCUT2D eigenvalue weighted by molar-refractivity contribution is 0.0697. The first kappa shape index (κ1) is 13.3. The van der Waals surface area contributed by atoms with Crippen LogP contribution in [0.1, 0.15) is 29.8 Å². The molecule has 1 heterocycles. The van der Waals surface area contributed by atoms with Gasteiger partial charge in [0.25, 0.3) is 0 Å². The van der Waals surface area contributed by atoms with Crippen molar-refractivity contribution in [2.24, 2.45) is 0 Å². The maximum Gasteiger partial charge on any atom is 0.337 e. The predicted molar refractivity (Wildman–Crippen MR) is 76.9 cm³/mol. The van der Waals surface area contributed by atoms with Crippen LogP contribution in [0.25, 0.3) is 0 Å². The Labute approximate surface area is 112 Å². The Morgan fingerprint density at radius 3 is 2.83 bits per heavy atom. The van der Waals surface area contributed by atoms with Gasteiger partial charge >= 0.3 is 5.97 Å². The smallest absolute Gasteiger partial charge is 0.337 e. The summed E-state index contributed by atoms with van der Waals surface area (Å²) in [5, 5.41) is 9.84. The van der Waals surface area contributed by atoms with Crippen LogP contribution in [-0.4, -0.2) is 34.7 Å². The second-order valence-electron chi connectivity index (χ2n) is 4.84. The average molecular weight is 265 g/mol. The van der Waals surface area contributed by atoms with E-state index in [1.54, 1.807) is 6.07 Å². The number of benzene rings is 1. The molecule has 1 aromatic rings. The number of carboxylic acid groups (broad SMARTS) is 1. The molecule has 1 aliphatic rings. The summed E-state index contributed by atoms with van der Waals surface area (Å²) in [6.45, 7) is 7.30. The van der Waals surface area contributed by atoms with Gasteiger partial charge in [-0.1, -0.05) is 13.0 Å². The van der Waals surface area contributed by atoms with Crippen LogP contribution in [0.5, 0.6) is 0 Å². The first-order valence-corrected chi connectivity index (χ1v) is 7.27. The van der Waals surface area contributed by atoms with Crippen LogP contribution >= 0.6 is 11.8 Å². The van der Waals surface area contributed by atoms with Crippen LogP contribution in [0, 0.1) is 6.92 Å². The fourth-order valence-electron chi connectivity index (χ4n) is 2.33. The minimum atomic E-state index is -0.844. The van der Waals surface area contributed by atoms with Crippen molar-refractivity contribution < 1.29 is 9.90 Å². The van der Waals surface area contributed by atoms with E-state index in [2.05, 4.69) is 18.7 Å². The van der Waals surface area contributed by atoms with E-state index >= 15 is 0 Å². The Balaban J connectivity index is 2.42. The third kappa shape index (κ3) is 2.48. The number of carboxylic acids is 1. The van der Waals surface area contributed by atoms with Crippen molar-refractivity contribution in [3.8, 4) is 0 Å². The molecule has 0 radical (unpaired) electrons. The molecule has 1 saturated heterocycles. The van der Waals surface area contributed by atoms with Gasteiger partial charge in [0, 0.05) is 23.6 Å². The zero-order chi connectivity index (χ0) is 13.3. The summed E-state index contributed by atoms with van der Waals surface area (Å²) in [4.78, 5) is 13.6. The fourth-order valence-corrected chi connectivity index (χ4v) is 3.43. The number of aryl methyl sites for hydroxylation is 1. The second-order valence-corrected chi connectivity index (χ2v) is 6.32. The van der Waals surface area contributed by atoms with Gasteiger partial charge in [-0.15, -0.1) is 0 Å². The van der Waals surface area contributed by atoms with Gasteiger partial charge in [0.05, 0.1) is 11.3 Å². The summed E-state index contributed by atoms with van der Waals surface area (Å²) >= 11 is 1.95. The maximum atomic E-state index is 11.3. The highest BCUT2D eigenvalue weighted by molar-refractivity contribution is 8.00. The molecule has 1 fully saturated rings. The van der Waals surface area contributed by atoms with Gasteiger partial charge in [0.15, 0.2) is 0 Å². The number of hydrogen-bond donors (Lipinski definition) is 1. The molecule has 0 bridgehead atoms. The van der Waals surface area contributed by atoms with Gasteiger partial charge < -0.3 is 10.0 Å². The summed E-state index contributed by atoms with van der Waals surface area (Å²) in [6.07, 6.45) is 0. The maximum absolute atomic E-state index is 11.3. The zero-order valence-corrected chi connectivity index (χ0v) is 11.8. The molecule has 2 unspecified atom stereocenters. The zero-order valence-electron chi connectivity index (χ0n) is 11.0. The van der Waals surface area contributed by atoms with Gasteiger partial charge in [-0.05, 0) is 31.5 Å². The van der Waals surface area contributed by atoms with Gasteiger partial charge in [-0.25, -0.2) is 4.79 Å². The third-order valence-corrected chi connectivity index (χ3v) is 4.91. The normalized spacial score (nSPS) is 24.1. The van der Waals surface area contributed by atoms with E-state index in [0.29, 0.717) is 16.9 Å². The molecule has 4 heteroatoms. The van der Waals surface area contributed by atoms with Gasteiger partial charge in [0.2, 0.25) is 0 Å². The highest BCUT2D eigenvalue weighted by Crippen LogP contribution is 2.31. The number of nitrogens with zero attached hydrogens (tertiary/aromatic N) is 1. The molecule has 2 rings (SSSR count). The number of aromatic carboxylic acids is 1. The molecule has 0 aromatic heterocycles. The Morgan fingerprint density at radius 1 is 1.44 bits per heavy atom. The standard InChI is InChI=1S/C14H19NO2S/c1-9-4-5-12(14(16)17)13(8-9)15-6-7-18-11(3)10(15)2/h4-5,8,10-11H,6-7H2,1-3H3,(H,16,17). The number of thioether (sulfide) groups is 1. The van der Waals surface area contributed by atoms with Crippen LogP contribution in [0.4, 0.5) is 5.69 Å². The van der Waals surface area contributed by atoms with E-state index in [1.807, 2.05) is 30.8 Å². The van der Waals surface area contributed by atoms with Crippen LogP contribution in [0.2, 0.25) is 0 Å². The highest BCUT2D eigenvalue weighted by Gasteiger charge is 2.28. The Hall–Kier alpha value is -1.16. The van der Waals surface area contributed by atoms with Crippen LogP contribution in [0.15, 0.2) is 18.2 Å². The molecule has 0 saturated carbocycles. The minimum Gasteiger partial charge on any atom is -0.478 e. The van der Waals surface area contributed by atoms with E-state index < -0.39 is 5.97 Å². The molecular formula is C14H19NO2S. The largest absolute Gasteiger partial charge is 0.478 e. The van der Waals surface area contributed by atoms with E-state index in [9.17, 15) is 9.90 Å². The fraction of sp³-hybridized carbons (Fsp3) is 0.500. The Kier molecular flexibility index (Phi) is 3.85. The molecule has 18 heavy (non-hydrogen) atoms. The summed E-state index contributed by atoms with van der Waals surface area (Å²) in [5.74, 6) is 0.210. The van der Waals surface area contributed by atoms with Crippen molar-refractivity contribution in [1.82, 2.24) is 0 Å². The van der Waals surface area contributed by atoms with E-state index in [1.165, 1.54) is 0 Å². The minimum absolute atomic E-state index is 0.364. The number of rotatable bonds is 2. The molecule has 1 aromatic carbocycles. The van der Waals surface area contributed by atoms with Crippen LogP contribution < -0.4 is 4.90 Å². The summed E-state index contributed by atoms with van der Waals surface area (Å²) in [6, 6.07) is 5.93. The van der Waals surface area contributed by atoms with Crippen molar-refractivity contribution >= 4 is 23.4 Å². The molecule has 98 valence electrons. The van der Waals surface area contributed by atoms with Gasteiger partial charge in [-0.3, -0.25) is 0 Å². The van der Waals surface area contributed by atoms with Crippen molar-refractivity contribution in [3.05, 3.63) is 29.3 Å². The SMILES string of the molecule is Cc1ccc(C(=O)O)c(N2CCSC(C)C2C)c1. The molecule has 1 N–H and O–H groups in total. The van der Waals surface area contributed by atoms with Crippen LogP contribution in [-0.2, 0) is 0 Å². The van der Waals surface area contributed by atoms with Crippen molar-refractivity contribution in [2.75, 3.05) is 17.2 Å². The first-order valence-electron chi connectivity index (χ1n) is 6.23. The van der Waals surface area contributed by atoms with Crippen molar-refractivity contribution in [1.29, 1.82) is 0 Å². The number of carbonyl (C=O) groups is 1. The third-order valence-electron chi connectivity index (χ3n) is 3.58. The predicted octanol–water partition coefficient (Wildman–Crippen LogP) is 3.02. The van der Waals surface area contributed by atoms with Gasteiger partial charge in [-0.2, -0.15) is 11.8 Å². The second kappa shape index (κ2) is 5.22. The molecule has 0 amide bonds. The van der Waals surface area contributed by atoms with Crippen molar-refractivity contribution in [2.45, 2.75) is 32.1 Å². The summed E-state index contributed by atoms with van der Waals surface area (Å²) < 4.78 is 0. The molecule has 3 nitrogen and oxygen atoms in total. The molecule has 1 aliphatic heterocycles. The Bertz CT molecular complexity index is 461. The number of anilines is 1.